The number of aryl methyl sites for hydroxylation is 1. The maximum Gasteiger partial charge on any atom is 0.338 e. The minimum absolute atomic E-state index is 0.211. The highest BCUT2D eigenvalue weighted by atomic mass is 32.1. The van der Waals surface area contributed by atoms with Crippen LogP contribution in [0.15, 0.2) is 87.8 Å². The molecule has 2 heterocycles. The summed E-state index contributed by atoms with van der Waals surface area (Å²) in [5, 5.41) is 0. The zero-order chi connectivity index (χ0) is 29.8. The van der Waals surface area contributed by atoms with Gasteiger partial charge in [-0.05, 0) is 73.9 Å². The lowest BCUT2D eigenvalue weighted by Gasteiger charge is -2.24. The van der Waals surface area contributed by atoms with Gasteiger partial charge in [0.25, 0.3) is 5.56 Å². The SMILES string of the molecule is CCOC(=O)C1=C(C)N=c2sc(=Cc3ccc(OC)c(COc4ccccc4C)c3)c(=O)n2[C@@H]1c1ccc(OC)cc1. The second kappa shape index (κ2) is 12.5. The quantitative estimate of drug-likeness (QED) is 0.265. The molecule has 4 aromatic rings. The van der Waals surface area contributed by atoms with E-state index in [0.29, 0.717) is 38.7 Å². The second-order valence-electron chi connectivity index (χ2n) is 9.70. The van der Waals surface area contributed by atoms with Crippen molar-refractivity contribution >= 4 is 23.4 Å². The van der Waals surface area contributed by atoms with Gasteiger partial charge >= 0.3 is 5.97 Å². The zero-order valence-corrected chi connectivity index (χ0v) is 25.0. The number of thiazole rings is 1. The first-order valence-corrected chi connectivity index (χ1v) is 14.3. The fraction of sp³-hybridized carbons (Fsp3) is 0.242. The molecule has 0 N–H and O–H groups in total. The van der Waals surface area contributed by atoms with Crippen LogP contribution in [0.5, 0.6) is 17.2 Å². The summed E-state index contributed by atoms with van der Waals surface area (Å²) in [5.74, 6) is 1.66. The zero-order valence-electron chi connectivity index (χ0n) is 24.2. The van der Waals surface area contributed by atoms with Crippen molar-refractivity contribution in [1.82, 2.24) is 4.57 Å². The molecule has 0 spiro atoms. The lowest BCUT2D eigenvalue weighted by molar-refractivity contribution is -0.139. The summed E-state index contributed by atoms with van der Waals surface area (Å²) in [5.41, 5.74) is 4.05. The van der Waals surface area contributed by atoms with Gasteiger partial charge in [-0.1, -0.05) is 47.7 Å². The third-order valence-electron chi connectivity index (χ3n) is 7.03. The summed E-state index contributed by atoms with van der Waals surface area (Å²) in [6.07, 6.45) is 1.83. The first-order chi connectivity index (χ1) is 20.3. The standard InChI is InChI=1S/C33H32N2O6S/c1-6-40-32(37)29-21(3)34-33-35(30(29)23-12-14-25(38-4)15-13-23)31(36)28(42-33)18-22-11-16-27(39-5)24(17-22)19-41-26-10-8-7-9-20(26)2/h7-18,30H,6,19H2,1-5H3/t30-/m1/s1. The Morgan fingerprint density at radius 1 is 1.00 bits per heavy atom. The molecule has 9 heteroatoms. The van der Waals surface area contributed by atoms with Gasteiger partial charge in [-0.2, -0.15) is 0 Å². The van der Waals surface area contributed by atoms with Gasteiger partial charge in [-0.25, -0.2) is 9.79 Å². The van der Waals surface area contributed by atoms with E-state index in [9.17, 15) is 9.59 Å². The predicted octanol–water partition coefficient (Wildman–Crippen LogP) is 4.70. The molecule has 3 aromatic carbocycles. The largest absolute Gasteiger partial charge is 0.497 e. The molecule has 5 rings (SSSR count). The number of carbonyl (C=O) groups is 1. The van der Waals surface area contributed by atoms with E-state index in [1.807, 2.05) is 67.6 Å². The summed E-state index contributed by atoms with van der Waals surface area (Å²) < 4.78 is 24.4. The van der Waals surface area contributed by atoms with Gasteiger partial charge in [0.1, 0.15) is 23.9 Å². The summed E-state index contributed by atoms with van der Waals surface area (Å²) in [4.78, 5) is 32.2. The first kappa shape index (κ1) is 28.9. The van der Waals surface area contributed by atoms with Crippen LogP contribution < -0.4 is 29.1 Å². The van der Waals surface area contributed by atoms with Crippen molar-refractivity contribution in [2.45, 2.75) is 33.4 Å². The first-order valence-electron chi connectivity index (χ1n) is 13.5. The van der Waals surface area contributed by atoms with Gasteiger partial charge in [0, 0.05) is 5.56 Å². The third kappa shape index (κ3) is 5.73. The van der Waals surface area contributed by atoms with Gasteiger partial charge in [0.15, 0.2) is 4.80 Å². The molecule has 0 radical (unpaired) electrons. The van der Waals surface area contributed by atoms with Crippen molar-refractivity contribution in [2.75, 3.05) is 20.8 Å². The van der Waals surface area contributed by atoms with Crippen LogP contribution >= 0.6 is 11.3 Å². The lowest BCUT2D eigenvalue weighted by atomic mass is 9.96. The summed E-state index contributed by atoms with van der Waals surface area (Å²) >= 11 is 1.28. The van der Waals surface area contributed by atoms with Crippen LogP contribution in [0.1, 0.15) is 42.1 Å². The molecule has 216 valence electrons. The average molecular weight is 585 g/mol. The van der Waals surface area contributed by atoms with Crippen molar-refractivity contribution in [3.8, 4) is 17.2 Å². The van der Waals surface area contributed by atoms with Crippen LogP contribution in [-0.4, -0.2) is 31.4 Å². The molecule has 0 bridgehead atoms. The summed E-state index contributed by atoms with van der Waals surface area (Å²) in [6.45, 7) is 6.03. The minimum atomic E-state index is -0.692. The number of rotatable bonds is 9. The number of fused-ring (bicyclic) bond motifs is 1. The number of para-hydroxylation sites is 1. The minimum Gasteiger partial charge on any atom is -0.497 e. The number of carbonyl (C=O) groups excluding carboxylic acids is 1. The monoisotopic (exact) mass is 584 g/mol. The highest BCUT2D eigenvalue weighted by molar-refractivity contribution is 7.07. The smallest absolute Gasteiger partial charge is 0.338 e. The molecule has 8 nitrogen and oxygen atoms in total. The molecule has 1 atom stereocenters. The van der Waals surface area contributed by atoms with Crippen LogP contribution in [0.25, 0.3) is 6.08 Å². The van der Waals surface area contributed by atoms with E-state index < -0.39 is 12.0 Å². The molecule has 0 aliphatic carbocycles. The third-order valence-corrected chi connectivity index (χ3v) is 8.01. The number of hydrogen-bond acceptors (Lipinski definition) is 8. The molecular weight excluding hydrogens is 552 g/mol. The highest BCUT2D eigenvalue weighted by Gasteiger charge is 2.33. The predicted molar refractivity (Wildman–Crippen MR) is 162 cm³/mol. The Hall–Kier alpha value is -4.63. The van der Waals surface area contributed by atoms with Crippen LogP contribution in [0.3, 0.4) is 0 Å². The van der Waals surface area contributed by atoms with E-state index >= 15 is 0 Å². The number of nitrogens with zero attached hydrogens (tertiary/aromatic N) is 2. The fourth-order valence-corrected chi connectivity index (χ4v) is 5.97. The molecule has 0 amide bonds. The Labute approximate surface area is 247 Å². The summed E-state index contributed by atoms with van der Waals surface area (Å²) in [6, 6.07) is 20.2. The molecule has 1 aliphatic rings. The molecule has 1 aromatic heterocycles. The highest BCUT2D eigenvalue weighted by Crippen LogP contribution is 2.31. The van der Waals surface area contributed by atoms with Crippen molar-refractivity contribution in [1.29, 1.82) is 0 Å². The van der Waals surface area contributed by atoms with Crippen LogP contribution in [0.4, 0.5) is 0 Å². The van der Waals surface area contributed by atoms with Crippen molar-refractivity contribution in [3.63, 3.8) is 0 Å². The number of allylic oxidation sites excluding steroid dienone is 1. The van der Waals surface area contributed by atoms with Crippen molar-refractivity contribution in [3.05, 3.63) is 120 Å². The number of ether oxygens (including phenoxy) is 4. The van der Waals surface area contributed by atoms with E-state index in [0.717, 1.165) is 28.0 Å². The van der Waals surface area contributed by atoms with Crippen molar-refractivity contribution < 1.29 is 23.7 Å². The number of benzene rings is 3. The van der Waals surface area contributed by atoms with Crippen LogP contribution in [-0.2, 0) is 16.1 Å². The van der Waals surface area contributed by atoms with E-state index in [1.165, 1.54) is 11.3 Å². The van der Waals surface area contributed by atoms with Gasteiger partial charge in [0.05, 0.1) is 42.7 Å². The molecule has 0 unspecified atom stereocenters. The lowest BCUT2D eigenvalue weighted by Crippen LogP contribution is -2.39. The van der Waals surface area contributed by atoms with Gasteiger partial charge in [-0.15, -0.1) is 0 Å². The van der Waals surface area contributed by atoms with E-state index in [4.69, 9.17) is 18.9 Å². The maximum absolute atomic E-state index is 13.9. The Morgan fingerprint density at radius 3 is 2.45 bits per heavy atom. The molecule has 0 saturated heterocycles. The second-order valence-corrected chi connectivity index (χ2v) is 10.7. The number of methoxy groups -OCH3 is 2. The van der Waals surface area contributed by atoms with E-state index in [-0.39, 0.29) is 12.2 Å². The van der Waals surface area contributed by atoms with Crippen LogP contribution in [0, 0.1) is 6.92 Å². The molecule has 1 aliphatic heterocycles. The van der Waals surface area contributed by atoms with Crippen molar-refractivity contribution in [2.24, 2.45) is 4.99 Å². The van der Waals surface area contributed by atoms with E-state index in [1.54, 1.807) is 44.8 Å². The number of esters is 1. The normalized spacial score (nSPS) is 14.7. The number of aromatic nitrogens is 1. The Balaban J connectivity index is 1.58. The molecule has 42 heavy (non-hydrogen) atoms. The van der Waals surface area contributed by atoms with Gasteiger partial charge in [-0.3, -0.25) is 9.36 Å². The van der Waals surface area contributed by atoms with E-state index in [2.05, 4.69) is 4.99 Å². The summed E-state index contributed by atoms with van der Waals surface area (Å²) in [7, 11) is 3.21. The molecule has 0 fully saturated rings. The van der Waals surface area contributed by atoms with Crippen LogP contribution in [0.2, 0.25) is 0 Å². The average Bonchev–Trinajstić information content (AvgIpc) is 3.30. The Kier molecular flexibility index (Phi) is 8.59. The maximum atomic E-state index is 13.9. The molecular formula is C33H32N2O6S. The number of hydrogen-bond donors (Lipinski definition) is 0. The fourth-order valence-electron chi connectivity index (χ4n) is 4.92. The Bertz CT molecular complexity index is 1840. The van der Waals surface area contributed by atoms with Gasteiger partial charge < -0.3 is 18.9 Å². The topological polar surface area (TPSA) is 88.4 Å². The molecule has 0 saturated carbocycles. The van der Waals surface area contributed by atoms with Gasteiger partial charge in [0.2, 0.25) is 0 Å². The Morgan fingerprint density at radius 2 is 1.76 bits per heavy atom.